The van der Waals surface area contributed by atoms with E-state index in [4.69, 9.17) is 9.72 Å². The van der Waals surface area contributed by atoms with Crippen molar-refractivity contribution in [1.82, 2.24) is 14.5 Å². The van der Waals surface area contributed by atoms with Crippen LogP contribution < -0.4 is 4.74 Å². The van der Waals surface area contributed by atoms with E-state index in [1.54, 1.807) is 7.11 Å². The average Bonchev–Trinajstić information content (AvgIpc) is 3.12. The minimum Gasteiger partial charge on any atom is -0.496 e. The Balaban J connectivity index is 1.48. The molecular weight excluding hydrogens is 314 g/mol. The molecule has 5 heteroatoms. The van der Waals surface area contributed by atoms with Crippen LogP contribution in [0.5, 0.6) is 5.75 Å². The summed E-state index contributed by atoms with van der Waals surface area (Å²) in [5, 5.41) is 0. The highest BCUT2D eigenvalue weighted by molar-refractivity contribution is 5.81. The van der Waals surface area contributed by atoms with E-state index in [0.717, 1.165) is 68.1 Å². The monoisotopic (exact) mass is 337 g/mol. The number of benzene rings is 1. The van der Waals surface area contributed by atoms with E-state index in [-0.39, 0.29) is 5.41 Å². The number of imidazole rings is 1. The summed E-state index contributed by atoms with van der Waals surface area (Å²) >= 11 is 0. The van der Waals surface area contributed by atoms with Crippen LogP contribution in [0.2, 0.25) is 0 Å². The van der Waals surface area contributed by atoms with Crippen LogP contribution in [-0.2, 0) is 16.8 Å². The molecule has 0 bridgehead atoms. The molecule has 2 aromatic rings. The van der Waals surface area contributed by atoms with Crippen molar-refractivity contribution in [3.8, 4) is 17.0 Å². The van der Waals surface area contributed by atoms with Gasteiger partial charge in [0.15, 0.2) is 0 Å². The minimum atomic E-state index is 0.0464. The van der Waals surface area contributed by atoms with Gasteiger partial charge >= 0.3 is 0 Å². The van der Waals surface area contributed by atoms with Crippen molar-refractivity contribution in [2.75, 3.05) is 20.2 Å². The highest BCUT2D eigenvalue weighted by atomic mass is 16.5. The van der Waals surface area contributed by atoms with Crippen LogP contribution in [0.3, 0.4) is 0 Å². The van der Waals surface area contributed by atoms with Gasteiger partial charge in [-0.1, -0.05) is 12.1 Å². The number of hydrogen-bond acceptors (Lipinski definition) is 3. The highest BCUT2D eigenvalue weighted by Crippen LogP contribution is 2.46. The summed E-state index contributed by atoms with van der Waals surface area (Å²) in [7, 11) is 1.71. The van der Waals surface area contributed by atoms with Crippen LogP contribution in [0, 0.1) is 5.92 Å². The lowest BCUT2D eigenvalue weighted by atomic mass is 9.85. The topological polar surface area (TPSA) is 47.4 Å². The number of methoxy groups -OCH3 is 1. The fourth-order valence-electron chi connectivity index (χ4n) is 4.57. The number of amides is 1. The lowest BCUT2D eigenvalue weighted by molar-refractivity contribution is -0.131. The molecule has 5 nitrogen and oxygen atoms in total. The Morgan fingerprint density at radius 2 is 2.04 bits per heavy atom. The molecule has 0 radical (unpaired) electrons. The molecule has 0 unspecified atom stereocenters. The van der Waals surface area contributed by atoms with Crippen LogP contribution in [0.25, 0.3) is 11.3 Å². The van der Waals surface area contributed by atoms with Crippen LogP contribution in [0.1, 0.15) is 31.5 Å². The average molecular weight is 337 g/mol. The first-order valence-electron chi connectivity index (χ1n) is 9.20. The third kappa shape index (κ3) is 2.21. The number of likely N-dealkylation sites (tertiary alicyclic amines) is 1. The van der Waals surface area contributed by atoms with E-state index in [2.05, 4.69) is 15.5 Å². The minimum absolute atomic E-state index is 0.0464. The molecule has 1 aromatic carbocycles. The van der Waals surface area contributed by atoms with Crippen molar-refractivity contribution in [3.63, 3.8) is 0 Å². The number of fused-ring (bicyclic) bond motifs is 2. The Morgan fingerprint density at radius 1 is 1.24 bits per heavy atom. The van der Waals surface area contributed by atoms with Gasteiger partial charge in [-0.15, -0.1) is 0 Å². The normalized spacial score (nSPS) is 24.8. The van der Waals surface area contributed by atoms with Crippen molar-refractivity contribution in [1.29, 1.82) is 0 Å². The third-order valence-corrected chi connectivity index (χ3v) is 6.12. The Labute approximate surface area is 147 Å². The summed E-state index contributed by atoms with van der Waals surface area (Å²) in [5.74, 6) is 2.70. The van der Waals surface area contributed by atoms with Crippen LogP contribution in [-0.4, -0.2) is 40.6 Å². The molecule has 0 N–H and O–H groups in total. The third-order valence-electron chi connectivity index (χ3n) is 6.12. The van der Waals surface area contributed by atoms with E-state index >= 15 is 0 Å². The Morgan fingerprint density at radius 3 is 2.84 bits per heavy atom. The summed E-state index contributed by atoms with van der Waals surface area (Å²) < 4.78 is 7.87. The van der Waals surface area contributed by atoms with Gasteiger partial charge in [-0.2, -0.15) is 0 Å². The van der Waals surface area contributed by atoms with Gasteiger partial charge in [0.2, 0.25) is 5.91 Å². The predicted molar refractivity (Wildman–Crippen MR) is 94.4 cm³/mol. The molecule has 1 saturated heterocycles. The van der Waals surface area contributed by atoms with Crippen molar-refractivity contribution in [2.24, 2.45) is 5.92 Å². The molecule has 1 aromatic heterocycles. The Kier molecular flexibility index (Phi) is 3.21. The summed E-state index contributed by atoms with van der Waals surface area (Å²) in [6.07, 6.45) is 6.24. The van der Waals surface area contributed by atoms with Gasteiger partial charge in [0.1, 0.15) is 11.6 Å². The molecular formula is C20H23N3O2. The van der Waals surface area contributed by atoms with Crippen molar-refractivity contribution >= 4 is 5.91 Å². The zero-order valence-electron chi connectivity index (χ0n) is 14.6. The van der Waals surface area contributed by atoms with Gasteiger partial charge in [0.05, 0.1) is 19.0 Å². The summed E-state index contributed by atoms with van der Waals surface area (Å²) in [6, 6.07) is 8.11. The molecule has 1 spiro atoms. The maximum Gasteiger partial charge on any atom is 0.225 e. The standard InChI is InChI=1S/C20H23N3O2/c1-25-17-5-3-2-4-15(17)16-12-21-19-20(9-11-23(16)19)8-10-22(13-20)18(24)14-6-7-14/h2-5,12,14H,6-11,13H2,1H3/t20-/m1/s1. The van der Waals surface area contributed by atoms with Gasteiger partial charge in [0, 0.05) is 36.5 Å². The second kappa shape index (κ2) is 5.35. The van der Waals surface area contributed by atoms with E-state index in [0.29, 0.717) is 11.8 Å². The van der Waals surface area contributed by atoms with Crippen LogP contribution >= 0.6 is 0 Å². The number of carbonyl (C=O) groups is 1. The van der Waals surface area contributed by atoms with Crippen molar-refractivity contribution in [3.05, 3.63) is 36.3 Å². The summed E-state index contributed by atoms with van der Waals surface area (Å²) in [5.41, 5.74) is 2.26. The van der Waals surface area contributed by atoms with Gasteiger partial charge in [-0.05, 0) is 37.8 Å². The zero-order valence-corrected chi connectivity index (χ0v) is 14.6. The van der Waals surface area contributed by atoms with E-state index < -0.39 is 0 Å². The van der Waals surface area contributed by atoms with E-state index in [9.17, 15) is 4.79 Å². The molecule has 1 atom stereocenters. The summed E-state index contributed by atoms with van der Waals surface area (Å²) in [6.45, 7) is 2.69. The van der Waals surface area contributed by atoms with Crippen molar-refractivity contribution < 1.29 is 9.53 Å². The molecule has 2 fully saturated rings. The smallest absolute Gasteiger partial charge is 0.225 e. The fourth-order valence-corrected chi connectivity index (χ4v) is 4.57. The number of carbonyl (C=O) groups excluding carboxylic acids is 1. The largest absolute Gasteiger partial charge is 0.496 e. The predicted octanol–water partition coefficient (Wildman–Crippen LogP) is 2.84. The lowest BCUT2D eigenvalue weighted by Crippen LogP contribution is -2.34. The second-order valence-electron chi connectivity index (χ2n) is 7.63. The maximum absolute atomic E-state index is 12.5. The maximum atomic E-state index is 12.5. The first-order valence-corrected chi connectivity index (χ1v) is 9.20. The zero-order chi connectivity index (χ0) is 17.0. The van der Waals surface area contributed by atoms with Gasteiger partial charge < -0.3 is 14.2 Å². The number of aromatic nitrogens is 2. The molecule has 1 amide bonds. The number of nitrogens with zero attached hydrogens (tertiary/aromatic N) is 3. The Hall–Kier alpha value is -2.30. The first kappa shape index (κ1) is 15.0. The Bertz CT molecular complexity index is 839. The molecule has 1 aliphatic carbocycles. The molecule has 1 saturated carbocycles. The molecule has 25 heavy (non-hydrogen) atoms. The van der Waals surface area contributed by atoms with Gasteiger partial charge in [0.25, 0.3) is 0 Å². The van der Waals surface area contributed by atoms with E-state index in [1.807, 2.05) is 24.4 Å². The van der Waals surface area contributed by atoms with E-state index in [1.165, 1.54) is 0 Å². The molecule has 3 heterocycles. The second-order valence-corrected chi connectivity index (χ2v) is 7.63. The number of hydrogen-bond donors (Lipinski definition) is 0. The molecule has 5 rings (SSSR count). The van der Waals surface area contributed by atoms with Crippen LogP contribution in [0.15, 0.2) is 30.5 Å². The van der Waals surface area contributed by atoms with Gasteiger partial charge in [-0.3, -0.25) is 4.79 Å². The van der Waals surface area contributed by atoms with Crippen LogP contribution in [0.4, 0.5) is 0 Å². The molecule has 3 aliphatic rings. The highest BCUT2D eigenvalue weighted by Gasteiger charge is 2.49. The van der Waals surface area contributed by atoms with Gasteiger partial charge in [-0.25, -0.2) is 4.98 Å². The quantitative estimate of drug-likeness (QED) is 0.865. The molecule has 2 aliphatic heterocycles. The first-order chi connectivity index (χ1) is 12.2. The number of ether oxygens (including phenoxy) is 1. The fraction of sp³-hybridized carbons (Fsp3) is 0.500. The lowest BCUT2D eigenvalue weighted by Gasteiger charge is -2.22. The number of para-hydroxylation sites is 1. The van der Waals surface area contributed by atoms with Crippen molar-refractivity contribution in [2.45, 2.75) is 37.6 Å². The summed E-state index contributed by atoms with van der Waals surface area (Å²) in [4.78, 5) is 19.3. The molecule has 130 valence electrons. The SMILES string of the molecule is COc1ccccc1-c1cnc2n1CC[C@@]21CCN(C(=O)C2CC2)C1. The number of rotatable bonds is 3.